The van der Waals surface area contributed by atoms with Crippen molar-refractivity contribution in [3.8, 4) is 5.75 Å². The monoisotopic (exact) mass is 694 g/mol. The third kappa shape index (κ3) is 13.9. The Morgan fingerprint density at radius 3 is 2.08 bits per heavy atom. The molecule has 0 bridgehead atoms. The number of unbranched alkanes of at least 4 members (excludes halogenated alkanes) is 3. The molecule has 49 heavy (non-hydrogen) atoms. The Balaban J connectivity index is 1.78. The molecule has 2 rings (SSSR count). The SMILES string of the molecule is COCCCNC(=O)C(C)(C)CC(C)(C)C(=O)NCCCCCCOC1OC(CNC(=O)c2cccc(OC)c2)C(O)C(O)C1NC(C)=O. The fraction of sp³-hybridized carbons (Fsp3) is 0.714. The first-order valence-corrected chi connectivity index (χ1v) is 17.0. The number of hydrogen-bond donors (Lipinski definition) is 6. The lowest BCUT2D eigenvalue weighted by Crippen LogP contribution is -2.65. The maximum atomic E-state index is 13.0. The van der Waals surface area contributed by atoms with E-state index in [1.54, 1.807) is 31.4 Å². The Morgan fingerprint density at radius 1 is 0.837 bits per heavy atom. The van der Waals surface area contributed by atoms with Gasteiger partial charge in [-0.15, -0.1) is 0 Å². The highest BCUT2D eigenvalue weighted by Gasteiger charge is 2.45. The van der Waals surface area contributed by atoms with Crippen molar-refractivity contribution in [3.63, 3.8) is 0 Å². The number of aliphatic hydroxyl groups excluding tert-OH is 2. The highest BCUT2D eigenvalue weighted by Crippen LogP contribution is 2.34. The molecule has 0 aliphatic carbocycles. The third-order valence-corrected chi connectivity index (χ3v) is 8.43. The molecule has 0 radical (unpaired) electrons. The number of ether oxygens (including phenoxy) is 4. The van der Waals surface area contributed by atoms with Gasteiger partial charge in [0.25, 0.3) is 5.91 Å². The van der Waals surface area contributed by atoms with Crippen molar-refractivity contribution in [1.29, 1.82) is 0 Å². The van der Waals surface area contributed by atoms with Crippen LogP contribution >= 0.6 is 0 Å². The number of aliphatic hydroxyl groups is 2. The van der Waals surface area contributed by atoms with E-state index in [9.17, 15) is 29.4 Å². The number of methoxy groups -OCH3 is 2. The molecule has 5 unspecified atom stereocenters. The molecule has 1 aromatic rings. The first kappa shape index (κ1) is 41.9. The zero-order chi connectivity index (χ0) is 36.6. The standard InChI is InChI=1S/C35H58N4O10/c1-23(40)39-27-29(42)28(41)26(21-38-30(43)24-14-12-15-25(20-24)47-7)49-31(27)48-19-11-9-8-10-16-36-32(44)34(2,3)22-35(4,5)33(45)37-17-13-18-46-6/h12,14-15,20,26-29,31,41-42H,8-11,13,16-19,21-22H2,1-7H3,(H,36,44)(H,37,45)(H,38,43)(H,39,40). The average molecular weight is 695 g/mol. The zero-order valence-electron chi connectivity index (χ0n) is 30.1. The molecule has 278 valence electrons. The Bertz CT molecular complexity index is 1210. The lowest BCUT2D eigenvalue weighted by atomic mass is 9.74. The fourth-order valence-electron chi connectivity index (χ4n) is 5.83. The smallest absolute Gasteiger partial charge is 0.251 e. The number of carbonyl (C=O) groups excluding carboxylic acids is 4. The highest BCUT2D eigenvalue weighted by atomic mass is 16.7. The average Bonchev–Trinajstić information content (AvgIpc) is 3.05. The second-order valence-corrected chi connectivity index (χ2v) is 13.8. The molecule has 6 N–H and O–H groups in total. The molecule has 4 amide bonds. The zero-order valence-corrected chi connectivity index (χ0v) is 30.1. The topological polar surface area (TPSA) is 194 Å². The molecule has 14 heteroatoms. The van der Waals surface area contributed by atoms with Gasteiger partial charge < -0.3 is 50.4 Å². The predicted molar refractivity (Wildman–Crippen MR) is 183 cm³/mol. The molecule has 0 saturated carbocycles. The van der Waals surface area contributed by atoms with Crippen LogP contribution in [0, 0.1) is 10.8 Å². The van der Waals surface area contributed by atoms with E-state index >= 15 is 0 Å². The van der Waals surface area contributed by atoms with Gasteiger partial charge >= 0.3 is 0 Å². The first-order chi connectivity index (χ1) is 23.1. The molecule has 1 aliphatic rings. The summed E-state index contributed by atoms with van der Waals surface area (Å²) in [5, 5.41) is 32.7. The van der Waals surface area contributed by atoms with Gasteiger partial charge in [-0.1, -0.05) is 46.6 Å². The lowest BCUT2D eigenvalue weighted by Gasteiger charge is -2.42. The van der Waals surface area contributed by atoms with Crippen LogP contribution in [0.15, 0.2) is 24.3 Å². The van der Waals surface area contributed by atoms with Gasteiger partial charge in [0.2, 0.25) is 17.7 Å². The van der Waals surface area contributed by atoms with E-state index in [0.29, 0.717) is 43.9 Å². The summed E-state index contributed by atoms with van der Waals surface area (Å²) in [5.41, 5.74) is -1.09. The Morgan fingerprint density at radius 2 is 1.47 bits per heavy atom. The summed E-state index contributed by atoms with van der Waals surface area (Å²) in [6, 6.07) is 5.58. The largest absolute Gasteiger partial charge is 0.497 e. The van der Waals surface area contributed by atoms with E-state index in [0.717, 1.165) is 25.7 Å². The van der Waals surface area contributed by atoms with Gasteiger partial charge in [-0.05, 0) is 43.9 Å². The number of hydrogen-bond acceptors (Lipinski definition) is 10. The van der Waals surface area contributed by atoms with Crippen LogP contribution in [-0.4, -0.2) is 112 Å². The molecular weight excluding hydrogens is 636 g/mol. The van der Waals surface area contributed by atoms with Crippen LogP contribution in [0.3, 0.4) is 0 Å². The summed E-state index contributed by atoms with van der Waals surface area (Å²) >= 11 is 0. The van der Waals surface area contributed by atoms with Crippen LogP contribution in [-0.2, 0) is 28.6 Å². The van der Waals surface area contributed by atoms with E-state index in [-0.39, 0.29) is 25.0 Å². The Kier molecular flexibility index (Phi) is 17.4. The van der Waals surface area contributed by atoms with Crippen molar-refractivity contribution >= 4 is 23.6 Å². The fourth-order valence-corrected chi connectivity index (χ4v) is 5.83. The van der Waals surface area contributed by atoms with E-state index in [1.807, 2.05) is 27.7 Å². The van der Waals surface area contributed by atoms with Crippen molar-refractivity contribution in [2.24, 2.45) is 10.8 Å². The van der Waals surface area contributed by atoms with Gasteiger partial charge in [0.15, 0.2) is 6.29 Å². The van der Waals surface area contributed by atoms with Crippen LogP contribution in [0.2, 0.25) is 0 Å². The second-order valence-electron chi connectivity index (χ2n) is 13.8. The van der Waals surface area contributed by atoms with Crippen LogP contribution in [0.1, 0.15) is 83.5 Å². The molecule has 5 atom stereocenters. The Hall–Kier alpha value is -3.30. The quantitative estimate of drug-likeness (QED) is 0.103. The summed E-state index contributed by atoms with van der Waals surface area (Å²) in [5.74, 6) is -0.515. The maximum Gasteiger partial charge on any atom is 0.251 e. The number of amides is 4. The summed E-state index contributed by atoms with van der Waals surface area (Å²) in [7, 11) is 3.12. The van der Waals surface area contributed by atoms with Crippen molar-refractivity contribution in [3.05, 3.63) is 29.8 Å². The van der Waals surface area contributed by atoms with E-state index < -0.39 is 53.3 Å². The second kappa shape index (κ2) is 20.4. The van der Waals surface area contributed by atoms with Crippen LogP contribution in [0.25, 0.3) is 0 Å². The molecule has 1 saturated heterocycles. The van der Waals surface area contributed by atoms with Crippen LogP contribution in [0.5, 0.6) is 5.75 Å². The number of nitrogens with one attached hydrogen (secondary N) is 4. The Labute approximate surface area is 290 Å². The van der Waals surface area contributed by atoms with Crippen LogP contribution < -0.4 is 26.0 Å². The first-order valence-electron chi connectivity index (χ1n) is 17.0. The minimum absolute atomic E-state index is 0.0915. The van der Waals surface area contributed by atoms with Gasteiger partial charge in [-0.3, -0.25) is 19.2 Å². The maximum absolute atomic E-state index is 13.0. The number of benzene rings is 1. The van der Waals surface area contributed by atoms with Crippen molar-refractivity contribution in [2.75, 3.05) is 47.1 Å². The van der Waals surface area contributed by atoms with Crippen LogP contribution in [0.4, 0.5) is 0 Å². The van der Waals surface area contributed by atoms with Crippen molar-refractivity contribution in [1.82, 2.24) is 21.3 Å². The van der Waals surface area contributed by atoms with E-state index in [4.69, 9.17) is 18.9 Å². The van der Waals surface area contributed by atoms with Gasteiger partial charge in [-0.2, -0.15) is 0 Å². The minimum Gasteiger partial charge on any atom is -0.497 e. The molecule has 14 nitrogen and oxygen atoms in total. The normalized spacial score (nSPS) is 21.0. The lowest BCUT2D eigenvalue weighted by molar-refractivity contribution is -0.262. The molecule has 0 spiro atoms. The van der Waals surface area contributed by atoms with Gasteiger partial charge in [0.05, 0.1) is 7.11 Å². The molecule has 1 fully saturated rings. The summed E-state index contributed by atoms with van der Waals surface area (Å²) in [4.78, 5) is 50.1. The number of carbonyl (C=O) groups is 4. The van der Waals surface area contributed by atoms with E-state index in [2.05, 4.69) is 21.3 Å². The van der Waals surface area contributed by atoms with Crippen molar-refractivity contribution < 1.29 is 48.3 Å². The molecule has 1 heterocycles. The molecular formula is C35H58N4O10. The van der Waals surface area contributed by atoms with Crippen molar-refractivity contribution in [2.45, 2.75) is 104 Å². The molecule has 1 aromatic carbocycles. The summed E-state index contributed by atoms with van der Waals surface area (Å²) in [6.45, 7) is 10.4. The highest BCUT2D eigenvalue weighted by molar-refractivity contribution is 5.94. The van der Waals surface area contributed by atoms with Gasteiger partial charge in [-0.25, -0.2) is 0 Å². The molecule has 1 aliphatic heterocycles. The third-order valence-electron chi connectivity index (χ3n) is 8.43. The minimum atomic E-state index is -1.39. The molecule has 0 aromatic heterocycles. The predicted octanol–water partition coefficient (Wildman–Crippen LogP) is 1.66. The summed E-state index contributed by atoms with van der Waals surface area (Å²) < 4.78 is 22.0. The van der Waals surface area contributed by atoms with E-state index in [1.165, 1.54) is 14.0 Å². The van der Waals surface area contributed by atoms with Gasteiger partial charge in [0, 0.05) is 63.3 Å². The summed E-state index contributed by atoms with van der Waals surface area (Å²) in [6.07, 6.45) is -0.710. The van der Waals surface area contributed by atoms with Gasteiger partial charge in [0.1, 0.15) is 30.1 Å². The number of rotatable bonds is 21.